The fourth-order valence-corrected chi connectivity index (χ4v) is 3.02. The summed E-state index contributed by atoms with van der Waals surface area (Å²) in [5, 5.41) is 2.00. The monoisotopic (exact) mass is 325 g/mol. The van der Waals surface area contributed by atoms with Crippen LogP contribution in [0.4, 0.5) is 0 Å². The molecule has 1 aromatic carbocycles. The Morgan fingerprint density at radius 1 is 1.50 bits per heavy atom. The molecule has 0 spiro atoms. The summed E-state index contributed by atoms with van der Waals surface area (Å²) in [7, 11) is -4.24. The fourth-order valence-electron chi connectivity index (χ4n) is 2.48. The predicted octanol–water partition coefficient (Wildman–Crippen LogP) is 0.587. The van der Waals surface area contributed by atoms with Crippen LogP contribution in [0.1, 0.15) is 39.2 Å². The van der Waals surface area contributed by atoms with Crippen molar-refractivity contribution in [2.45, 2.75) is 25.5 Å². The molecule has 1 aliphatic heterocycles. The summed E-state index contributed by atoms with van der Waals surface area (Å²) in [6.07, 6.45) is 0.357. The largest absolute Gasteiger partial charge is 0.372 e. The second-order valence-corrected chi connectivity index (χ2v) is 7.06. The first-order valence-corrected chi connectivity index (χ1v) is 8.37. The highest BCUT2D eigenvalue weighted by atomic mass is 32.2. The highest BCUT2D eigenvalue weighted by Crippen LogP contribution is 2.28. The van der Waals surface area contributed by atoms with Crippen LogP contribution >= 0.6 is 0 Å². The minimum atomic E-state index is -4.24. The predicted molar refractivity (Wildman–Crippen MR) is 83.7 cm³/mol. The zero-order valence-corrected chi connectivity index (χ0v) is 13.3. The minimum Gasteiger partial charge on any atom is -0.372 e. The summed E-state index contributed by atoms with van der Waals surface area (Å²) in [5.41, 5.74) is 7.31. The molecule has 0 radical (unpaired) electrons. The van der Waals surface area contributed by atoms with Crippen LogP contribution in [0, 0.1) is 6.92 Å². The van der Waals surface area contributed by atoms with E-state index in [0.717, 1.165) is 12.4 Å². The van der Waals surface area contributed by atoms with Gasteiger partial charge in [0.15, 0.2) is 0 Å². The lowest BCUT2D eigenvalue weighted by Gasteiger charge is -2.17. The van der Waals surface area contributed by atoms with Crippen molar-refractivity contribution < 1.29 is 17.8 Å². The number of hydrogen-bond donors (Lipinski definition) is 3. The molecule has 7 nitrogen and oxygen atoms in total. The van der Waals surface area contributed by atoms with Crippen molar-refractivity contribution in [3.8, 4) is 0 Å². The third-order valence-electron chi connectivity index (χ3n) is 3.74. The van der Waals surface area contributed by atoms with Gasteiger partial charge in [0.25, 0.3) is 10.1 Å². The molecule has 0 saturated heterocycles. The lowest BCUT2D eigenvalue weighted by Crippen LogP contribution is -2.23. The van der Waals surface area contributed by atoms with Crippen LogP contribution in [0.2, 0.25) is 0 Å². The van der Waals surface area contributed by atoms with Crippen molar-refractivity contribution in [3.63, 3.8) is 0 Å². The number of nitrogens with zero attached hydrogens (tertiary/aromatic N) is 1. The third kappa shape index (κ3) is 3.45. The molecule has 1 amide bonds. The summed E-state index contributed by atoms with van der Waals surface area (Å²) in [6.45, 7) is 4.47. The third-order valence-corrected chi connectivity index (χ3v) is 4.89. The lowest BCUT2D eigenvalue weighted by molar-refractivity contribution is 0.0999. The number of aliphatic imine (C=N–C) groups is 1. The molecule has 0 bridgehead atoms. The first-order chi connectivity index (χ1) is 10.2. The van der Waals surface area contributed by atoms with Crippen molar-refractivity contribution in [1.82, 2.24) is 5.32 Å². The number of nitrogens with two attached hydrogens (primary N) is 1. The molecule has 0 aromatic heterocycles. The topological polar surface area (TPSA) is 122 Å². The molecule has 1 unspecified atom stereocenters. The SMILES string of the molecule is Cc1cc(C(C)S(=O)(=O)O)c(CC2=NCCN2)cc1C(N)=O. The molecule has 0 aliphatic carbocycles. The number of hydrogen-bond acceptors (Lipinski definition) is 5. The highest BCUT2D eigenvalue weighted by Gasteiger charge is 2.25. The standard InChI is InChI=1S/C14H19N3O4S/c1-8-5-12(9(2)22(19,20)21)10(6-11(8)14(15)18)7-13-16-3-4-17-13/h5-6,9H,3-4,7H2,1-2H3,(H2,15,18)(H,16,17)(H,19,20,21). The molecule has 1 atom stereocenters. The maximum Gasteiger partial charge on any atom is 0.271 e. The van der Waals surface area contributed by atoms with E-state index in [1.165, 1.54) is 6.92 Å². The Morgan fingerprint density at radius 2 is 2.18 bits per heavy atom. The average molecular weight is 325 g/mol. The number of amides is 1. The van der Waals surface area contributed by atoms with Gasteiger partial charge in [-0.15, -0.1) is 0 Å². The Labute approximate surface area is 129 Å². The van der Waals surface area contributed by atoms with Crippen LogP contribution in [0.15, 0.2) is 17.1 Å². The van der Waals surface area contributed by atoms with Crippen LogP contribution in [0.5, 0.6) is 0 Å². The van der Waals surface area contributed by atoms with Crippen molar-refractivity contribution in [1.29, 1.82) is 0 Å². The molecule has 1 aliphatic rings. The minimum absolute atomic E-state index is 0.333. The van der Waals surface area contributed by atoms with Gasteiger partial charge in [0.05, 0.1) is 6.54 Å². The average Bonchev–Trinajstić information content (AvgIpc) is 2.91. The van der Waals surface area contributed by atoms with Gasteiger partial charge in [-0.1, -0.05) is 6.07 Å². The first kappa shape index (κ1) is 16.4. The number of rotatable bonds is 5. The molecule has 1 heterocycles. The van der Waals surface area contributed by atoms with E-state index in [9.17, 15) is 17.8 Å². The van der Waals surface area contributed by atoms with Gasteiger partial charge in [-0.3, -0.25) is 14.3 Å². The summed E-state index contributed by atoms with van der Waals surface area (Å²) < 4.78 is 32.3. The van der Waals surface area contributed by atoms with Gasteiger partial charge < -0.3 is 11.1 Å². The van der Waals surface area contributed by atoms with Gasteiger partial charge in [-0.2, -0.15) is 8.42 Å². The van der Waals surface area contributed by atoms with E-state index in [2.05, 4.69) is 10.3 Å². The summed E-state index contributed by atoms with van der Waals surface area (Å²) in [6, 6.07) is 3.17. The molecular formula is C14H19N3O4S. The van der Waals surface area contributed by atoms with E-state index in [1.807, 2.05) is 0 Å². The molecule has 120 valence electrons. The Morgan fingerprint density at radius 3 is 2.68 bits per heavy atom. The number of amidine groups is 1. The maximum atomic E-state index is 11.5. The summed E-state index contributed by atoms with van der Waals surface area (Å²) >= 11 is 0. The lowest BCUT2D eigenvalue weighted by atomic mass is 9.95. The molecular weight excluding hydrogens is 306 g/mol. The molecule has 1 aromatic rings. The molecule has 0 fully saturated rings. The number of benzene rings is 1. The molecule has 2 rings (SSSR count). The fraction of sp³-hybridized carbons (Fsp3) is 0.429. The Hall–Kier alpha value is -1.93. The van der Waals surface area contributed by atoms with E-state index in [-0.39, 0.29) is 0 Å². The smallest absolute Gasteiger partial charge is 0.271 e. The van der Waals surface area contributed by atoms with Gasteiger partial charge in [-0.05, 0) is 36.6 Å². The Kier molecular flexibility index (Phi) is 4.52. The maximum absolute atomic E-state index is 11.5. The molecule has 22 heavy (non-hydrogen) atoms. The van der Waals surface area contributed by atoms with E-state index in [1.54, 1.807) is 19.1 Å². The van der Waals surface area contributed by atoms with Gasteiger partial charge in [0.1, 0.15) is 11.1 Å². The Balaban J connectivity index is 2.54. The van der Waals surface area contributed by atoms with Crippen molar-refractivity contribution in [3.05, 3.63) is 34.4 Å². The second kappa shape index (κ2) is 6.05. The molecule has 0 saturated carbocycles. The van der Waals surface area contributed by atoms with Crippen LogP contribution in [0.25, 0.3) is 0 Å². The second-order valence-electron chi connectivity index (χ2n) is 5.32. The quantitative estimate of drug-likeness (QED) is 0.684. The highest BCUT2D eigenvalue weighted by molar-refractivity contribution is 7.86. The van der Waals surface area contributed by atoms with Crippen molar-refractivity contribution in [2.24, 2.45) is 10.7 Å². The van der Waals surface area contributed by atoms with E-state index < -0.39 is 21.3 Å². The van der Waals surface area contributed by atoms with Gasteiger partial charge in [0, 0.05) is 18.5 Å². The number of carbonyl (C=O) groups is 1. The van der Waals surface area contributed by atoms with E-state index in [0.29, 0.717) is 35.2 Å². The molecule has 8 heteroatoms. The first-order valence-electron chi connectivity index (χ1n) is 6.87. The van der Waals surface area contributed by atoms with Gasteiger partial charge in [0.2, 0.25) is 5.91 Å². The zero-order chi connectivity index (χ0) is 16.5. The van der Waals surface area contributed by atoms with Gasteiger partial charge in [-0.25, -0.2) is 0 Å². The number of aryl methyl sites for hydroxylation is 1. The molecule has 4 N–H and O–H groups in total. The zero-order valence-electron chi connectivity index (χ0n) is 12.5. The van der Waals surface area contributed by atoms with Crippen molar-refractivity contribution >= 4 is 21.9 Å². The number of carbonyl (C=O) groups excluding carboxylic acids is 1. The normalized spacial score (nSPS) is 16.0. The van der Waals surface area contributed by atoms with Crippen LogP contribution in [-0.4, -0.2) is 37.8 Å². The van der Waals surface area contributed by atoms with Gasteiger partial charge >= 0.3 is 0 Å². The Bertz CT molecular complexity index is 741. The number of primary amides is 1. The number of nitrogens with one attached hydrogen (secondary N) is 1. The van der Waals surface area contributed by atoms with Crippen LogP contribution in [-0.2, 0) is 16.5 Å². The van der Waals surface area contributed by atoms with E-state index in [4.69, 9.17) is 5.73 Å². The van der Waals surface area contributed by atoms with Crippen molar-refractivity contribution in [2.75, 3.05) is 13.1 Å². The van der Waals surface area contributed by atoms with E-state index >= 15 is 0 Å². The van der Waals surface area contributed by atoms with Crippen LogP contribution in [0.3, 0.4) is 0 Å². The summed E-state index contributed by atoms with van der Waals surface area (Å²) in [4.78, 5) is 15.8. The van der Waals surface area contributed by atoms with Crippen LogP contribution < -0.4 is 11.1 Å². The summed E-state index contributed by atoms with van der Waals surface area (Å²) in [5.74, 6) is 0.147.